The van der Waals surface area contributed by atoms with Crippen LogP contribution in [0.5, 0.6) is 0 Å². The number of rotatable bonds is 7. The van der Waals surface area contributed by atoms with Gasteiger partial charge in [0.1, 0.15) is 11.3 Å². The second-order valence-corrected chi connectivity index (χ2v) is 8.24. The lowest BCUT2D eigenvalue weighted by molar-refractivity contribution is 0.0924. The van der Waals surface area contributed by atoms with E-state index in [1.807, 2.05) is 47.3 Å². The van der Waals surface area contributed by atoms with Gasteiger partial charge in [0.05, 0.1) is 17.8 Å². The summed E-state index contributed by atoms with van der Waals surface area (Å²) in [6, 6.07) is 10.7. The summed E-state index contributed by atoms with van der Waals surface area (Å²) in [5.41, 5.74) is 5.03. The molecule has 0 unspecified atom stereocenters. The first-order valence-electron chi connectivity index (χ1n) is 11.3. The summed E-state index contributed by atoms with van der Waals surface area (Å²) in [4.78, 5) is 30.1. The quantitative estimate of drug-likeness (QED) is 0.404. The maximum absolute atomic E-state index is 13.1. The SMILES string of the molecule is CCn1nc(C)c(CCNC(=O)c2ccc(Cn3c(=O)c4cccn4c4cccnc43)o2)c1C. The third-order valence-corrected chi connectivity index (χ3v) is 6.19. The van der Waals surface area contributed by atoms with Crippen LogP contribution in [0.2, 0.25) is 0 Å². The molecule has 0 aliphatic rings. The van der Waals surface area contributed by atoms with Gasteiger partial charge in [-0.3, -0.25) is 18.8 Å². The van der Waals surface area contributed by atoms with Gasteiger partial charge in [-0.15, -0.1) is 0 Å². The van der Waals surface area contributed by atoms with Gasteiger partial charge < -0.3 is 14.1 Å². The van der Waals surface area contributed by atoms with E-state index in [0.29, 0.717) is 29.9 Å². The fraction of sp³-hybridized carbons (Fsp3) is 0.280. The van der Waals surface area contributed by atoms with Crippen LogP contribution in [0.25, 0.3) is 16.7 Å². The predicted octanol–water partition coefficient (Wildman–Crippen LogP) is 3.10. The van der Waals surface area contributed by atoms with Gasteiger partial charge in [0.2, 0.25) is 0 Å². The molecule has 1 amide bonds. The van der Waals surface area contributed by atoms with Crippen molar-refractivity contribution in [3.05, 3.63) is 87.6 Å². The Kier molecular flexibility index (Phi) is 5.53. The molecule has 5 aromatic heterocycles. The van der Waals surface area contributed by atoms with Gasteiger partial charge in [0.15, 0.2) is 11.4 Å². The highest BCUT2D eigenvalue weighted by atomic mass is 16.4. The molecule has 0 atom stereocenters. The number of nitrogens with zero attached hydrogens (tertiary/aromatic N) is 5. The van der Waals surface area contributed by atoms with Crippen molar-refractivity contribution in [3.8, 4) is 0 Å². The maximum Gasteiger partial charge on any atom is 0.287 e. The average molecular weight is 459 g/mol. The number of aryl methyl sites for hydroxylation is 2. The summed E-state index contributed by atoms with van der Waals surface area (Å²) < 4.78 is 11.2. The number of hydrogen-bond acceptors (Lipinski definition) is 5. The van der Waals surface area contributed by atoms with Crippen LogP contribution in [0.4, 0.5) is 0 Å². The van der Waals surface area contributed by atoms with E-state index < -0.39 is 0 Å². The van der Waals surface area contributed by atoms with Crippen molar-refractivity contribution in [3.63, 3.8) is 0 Å². The van der Waals surface area contributed by atoms with Gasteiger partial charge in [-0.1, -0.05) is 0 Å². The van der Waals surface area contributed by atoms with Crippen LogP contribution >= 0.6 is 0 Å². The Morgan fingerprint density at radius 2 is 1.94 bits per heavy atom. The summed E-state index contributed by atoms with van der Waals surface area (Å²) in [7, 11) is 0. The van der Waals surface area contributed by atoms with Gasteiger partial charge in [0.25, 0.3) is 11.5 Å². The van der Waals surface area contributed by atoms with Crippen LogP contribution < -0.4 is 10.9 Å². The number of fused-ring (bicyclic) bond motifs is 3. The molecule has 0 spiro atoms. The number of hydrogen-bond donors (Lipinski definition) is 1. The van der Waals surface area contributed by atoms with Crippen LogP contribution in [-0.2, 0) is 19.5 Å². The van der Waals surface area contributed by atoms with Crippen molar-refractivity contribution in [2.75, 3.05) is 6.54 Å². The summed E-state index contributed by atoms with van der Waals surface area (Å²) in [5.74, 6) is 0.426. The van der Waals surface area contributed by atoms with Crippen LogP contribution in [0.15, 0.2) is 58.0 Å². The third-order valence-electron chi connectivity index (χ3n) is 6.19. The number of carbonyl (C=O) groups excluding carboxylic acids is 1. The molecule has 0 aromatic carbocycles. The van der Waals surface area contributed by atoms with E-state index in [4.69, 9.17) is 4.42 Å². The summed E-state index contributed by atoms with van der Waals surface area (Å²) in [6.07, 6.45) is 4.19. The summed E-state index contributed by atoms with van der Waals surface area (Å²) in [5, 5.41) is 7.44. The normalized spacial score (nSPS) is 11.5. The lowest BCUT2D eigenvalue weighted by atomic mass is 10.1. The zero-order valence-corrected chi connectivity index (χ0v) is 19.4. The number of amides is 1. The average Bonchev–Trinajstić information content (AvgIpc) is 3.57. The molecule has 34 heavy (non-hydrogen) atoms. The molecular weight excluding hydrogens is 432 g/mol. The molecule has 0 saturated heterocycles. The molecule has 9 heteroatoms. The lowest BCUT2D eigenvalue weighted by Crippen LogP contribution is -2.25. The first kappa shape index (κ1) is 21.7. The lowest BCUT2D eigenvalue weighted by Gasteiger charge is -2.10. The minimum atomic E-state index is -0.290. The van der Waals surface area contributed by atoms with E-state index in [1.54, 1.807) is 29.0 Å². The van der Waals surface area contributed by atoms with Gasteiger partial charge in [0, 0.05) is 31.2 Å². The Labute approximate surface area is 195 Å². The van der Waals surface area contributed by atoms with Gasteiger partial charge >= 0.3 is 0 Å². The molecule has 5 rings (SSSR count). The van der Waals surface area contributed by atoms with Gasteiger partial charge in [-0.2, -0.15) is 5.10 Å². The fourth-order valence-corrected chi connectivity index (χ4v) is 4.46. The molecule has 174 valence electrons. The highest BCUT2D eigenvalue weighted by Gasteiger charge is 2.16. The van der Waals surface area contributed by atoms with Crippen molar-refractivity contribution in [1.82, 2.24) is 29.0 Å². The zero-order valence-electron chi connectivity index (χ0n) is 19.4. The molecule has 0 fully saturated rings. The number of pyridine rings is 1. The highest BCUT2D eigenvalue weighted by molar-refractivity contribution is 5.91. The fourth-order valence-electron chi connectivity index (χ4n) is 4.46. The summed E-state index contributed by atoms with van der Waals surface area (Å²) >= 11 is 0. The van der Waals surface area contributed by atoms with Gasteiger partial charge in [-0.05, 0) is 69.2 Å². The molecule has 5 aromatic rings. The monoisotopic (exact) mass is 458 g/mol. The second-order valence-electron chi connectivity index (χ2n) is 8.24. The Balaban J connectivity index is 1.32. The first-order valence-corrected chi connectivity index (χ1v) is 11.3. The van der Waals surface area contributed by atoms with E-state index in [9.17, 15) is 9.59 Å². The van der Waals surface area contributed by atoms with E-state index in [-0.39, 0.29) is 23.8 Å². The predicted molar refractivity (Wildman–Crippen MR) is 128 cm³/mol. The highest BCUT2D eigenvalue weighted by Crippen LogP contribution is 2.16. The van der Waals surface area contributed by atoms with E-state index >= 15 is 0 Å². The number of carbonyl (C=O) groups is 1. The minimum Gasteiger partial charge on any atom is -0.454 e. The van der Waals surface area contributed by atoms with Gasteiger partial charge in [-0.25, -0.2) is 4.98 Å². The molecule has 0 radical (unpaired) electrons. The Bertz CT molecular complexity index is 1570. The van der Waals surface area contributed by atoms with Crippen molar-refractivity contribution >= 4 is 22.6 Å². The number of nitrogens with one attached hydrogen (secondary N) is 1. The molecule has 0 saturated carbocycles. The molecule has 5 heterocycles. The zero-order chi connectivity index (χ0) is 23.8. The number of furan rings is 1. The second kappa shape index (κ2) is 8.66. The standard InChI is InChI=1S/C25H26N6O3/c1-4-31-17(3)19(16(2)28-31)11-13-27-24(32)22-10-9-18(34-22)15-30-23-20(7-5-12-26-23)29-14-6-8-21(29)25(30)33/h5-10,12,14H,4,11,13,15H2,1-3H3,(H,27,32). The minimum absolute atomic E-state index is 0.169. The van der Waals surface area contributed by atoms with E-state index in [0.717, 1.165) is 29.0 Å². The molecule has 0 bridgehead atoms. The molecule has 9 nitrogen and oxygen atoms in total. The van der Waals surface area contributed by atoms with Crippen LogP contribution in [-0.4, -0.2) is 36.2 Å². The number of aromatic nitrogens is 5. The Hall–Kier alpha value is -4.14. The molecular formula is C25H26N6O3. The van der Waals surface area contributed by atoms with Crippen molar-refractivity contribution in [2.45, 2.75) is 40.3 Å². The molecule has 0 aliphatic heterocycles. The van der Waals surface area contributed by atoms with E-state index in [1.165, 1.54) is 0 Å². The first-order chi connectivity index (χ1) is 16.5. The van der Waals surface area contributed by atoms with Crippen LogP contribution in [0, 0.1) is 13.8 Å². The van der Waals surface area contributed by atoms with E-state index in [2.05, 4.69) is 22.3 Å². The van der Waals surface area contributed by atoms with Crippen LogP contribution in [0.1, 0.15) is 40.2 Å². The van der Waals surface area contributed by atoms with Crippen LogP contribution in [0.3, 0.4) is 0 Å². The van der Waals surface area contributed by atoms with Crippen molar-refractivity contribution in [2.24, 2.45) is 0 Å². The topological polar surface area (TPSA) is 99.4 Å². The maximum atomic E-state index is 13.1. The Morgan fingerprint density at radius 1 is 1.12 bits per heavy atom. The molecule has 1 N–H and O–H groups in total. The summed E-state index contributed by atoms with van der Waals surface area (Å²) in [6.45, 7) is 7.57. The largest absolute Gasteiger partial charge is 0.454 e. The van der Waals surface area contributed by atoms with Crippen molar-refractivity contribution < 1.29 is 9.21 Å². The Morgan fingerprint density at radius 3 is 2.74 bits per heavy atom. The molecule has 0 aliphatic carbocycles. The van der Waals surface area contributed by atoms with Crippen molar-refractivity contribution in [1.29, 1.82) is 0 Å². The smallest absolute Gasteiger partial charge is 0.287 e. The third kappa shape index (κ3) is 3.68.